The van der Waals surface area contributed by atoms with Crippen molar-refractivity contribution < 1.29 is 0 Å². The highest BCUT2D eigenvalue weighted by Gasteiger charge is 2.38. The standard InChI is InChI=1S/C34H49N7/c1-21(2)18-40(19-24-16-27(13-22(24)3)41-12-11-28-32(35)36-20-37-33(28)41)26-14-23(15-26)7-10-31-38-29-9-8-25(34(4,5)6)17-30(29)39-31/h8-9,11-12,17,20-24,26-27H,7,10,13-16,18-19H2,1-6H3,(H,38,39)(H2,35,36,37)/t22-,23?,24+,26?,27-/m0/s1. The second-order valence-electron chi connectivity index (χ2n) is 14.6. The van der Waals surface area contributed by atoms with E-state index < -0.39 is 0 Å². The minimum atomic E-state index is 0.152. The Kier molecular flexibility index (Phi) is 7.60. The van der Waals surface area contributed by atoms with Crippen molar-refractivity contribution in [3.63, 3.8) is 0 Å². The summed E-state index contributed by atoms with van der Waals surface area (Å²) in [6, 6.07) is 9.97. The molecule has 2 saturated carbocycles. The maximum Gasteiger partial charge on any atom is 0.145 e. The predicted molar refractivity (Wildman–Crippen MR) is 169 cm³/mol. The maximum absolute atomic E-state index is 6.12. The Balaban J connectivity index is 1.05. The molecule has 0 spiro atoms. The van der Waals surface area contributed by atoms with Crippen molar-refractivity contribution in [2.75, 3.05) is 18.8 Å². The molecule has 2 aliphatic carbocycles. The third kappa shape index (κ3) is 5.88. The number of anilines is 1. The van der Waals surface area contributed by atoms with E-state index >= 15 is 0 Å². The van der Waals surface area contributed by atoms with Gasteiger partial charge in [-0.1, -0.05) is 47.6 Å². The van der Waals surface area contributed by atoms with Gasteiger partial charge in [0.15, 0.2) is 0 Å². The van der Waals surface area contributed by atoms with E-state index in [9.17, 15) is 0 Å². The Labute approximate surface area is 245 Å². The van der Waals surface area contributed by atoms with Gasteiger partial charge in [-0.2, -0.15) is 0 Å². The molecular weight excluding hydrogens is 506 g/mol. The van der Waals surface area contributed by atoms with Crippen LogP contribution in [0.25, 0.3) is 22.1 Å². The fraction of sp³-hybridized carbons (Fsp3) is 0.618. The Morgan fingerprint density at radius 1 is 1.10 bits per heavy atom. The van der Waals surface area contributed by atoms with Crippen LogP contribution in [-0.2, 0) is 11.8 Å². The van der Waals surface area contributed by atoms with Gasteiger partial charge in [0.1, 0.15) is 23.6 Å². The number of nitrogens with two attached hydrogens (primary N) is 1. The van der Waals surface area contributed by atoms with E-state index in [0.717, 1.165) is 40.8 Å². The van der Waals surface area contributed by atoms with E-state index in [-0.39, 0.29) is 5.41 Å². The average molecular weight is 556 g/mol. The molecule has 6 rings (SSSR count). The van der Waals surface area contributed by atoms with Crippen LogP contribution in [0.1, 0.15) is 91.1 Å². The molecule has 3 aromatic heterocycles. The minimum absolute atomic E-state index is 0.152. The number of nitrogen functional groups attached to an aromatic ring is 1. The van der Waals surface area contributed by atoms with Gasteiger partial charge in [0.25, 0.3) is 0 Å². The lowest BCUT2D eigenvalue weighted by Crippen LogP contribution is -2.48. The van der Waals surface area contributed by atoms with Crippen molar-refractivity contribution in [3.05, 3.63) is 48.2 Å². The lowest BCUT2D eigenvalue weighted by Gasteiger charge is -2.45. The highest BCUT2D eigenvalue weighted by Crippen LogP contribution is 2.43. The van der Waals surface area contributed by atoms with Gasteiger partial charge < -0.3 is 15.3 Å². The number of aryl methyl sites for hydroxylation is 1. The van der Waals surface area contributed by atoms with E-state index in [4.69, 9.17) is 10.7 Å². The first-order chi connectivity index (χ1) is 19.5. The summed E-state index contributed by atoms with van der Waals surface area (Å²) in [5.41, 5.74) is 10.9. The molecule has 2 aliphatic rings. The molecule has 0 saturated heterocycles. The lowest BCUT2D eigenvalue weighted by atomic mass is 9.76. The molecule has 0 bridgehead atoms. The van der Waals surface area contributed by atoms with Crippen molar-refractivity contribution in [2.24, 2.45) is 23.7 Å². The van der Waals surface area contributed by atoms with Crippen molar-refractivity contribution >= 4 is 27.9 Å². The number of nitrogens with one attached hydrogen (secondary N) is 1. The number of fused-ring (bicyclic) bond motifs is 2. The van der Waals surface area contributed by atoms with Crippen LogP contribution in [0.5, 0.6) is 0 Å². The summed E-state index contributed by atoms with van der Waals surface area (Å²) >= 11 is 0. The molecule has 0 radical (unpaired) electrons. The quantitative estimate of drug-likeness (QED) is 0.229. The predicted octanol–water partition coefficient (Wildman–Crippen LogP) is 7.14. The Bertz CT molecular complexity index is 1490. The van der Waals surface area contributed by atoms with Gasteiger partial charge in [-0.25, -0.2) is 15.0 Å². The van der Waals surface area contributed by atoms with Crippen molar-refractivity contribution in [2.45, 2.75) is 97.6 Å². The Morgan fingerprint density at radius 3 is 2.66 bits per heavy atom. The summed E-state index contributed by atoms with van der Waals surface area (Å²) in [6.45, 7) is 16.4. The second kappa shape index (κ2) is 11.0. The monoisotopic (exact) mass is 555 g/mol. The molecular formula is C34H49N7. The molecule has 3 atom stereocenters. The molecule has 41 heavy (non-hydrogen) atoms. The highest BCUT2D eigenvalue weighted by atomic mass is 15.2. The molecule has 3 heterocycles. The van der Waals surface area contributed by atoms with Gasteiger partial charge in [-0.3, -0.25) is 4.90 Å². The van der Waals surface area contributed by atoms with E-state index in [0.29, 0.717) is 29.6 Å². The third-order valence-electron chi connectivity index (χ3n) is 9.94. The van der Waals surface area contributed by atoms with Gasteiger partial charge in [-0.05, 0) is 85.0 Å². The topological polar surface area (TPSA) is 88.7 Å². The second-order valence-corrected chi connectivity index (χ2v) is 14.6. The average Bonchev–Trinajstić information content (AvgIpc) is 3.58. The lowest BCUT2D eigenvalue weighted by molar-refractivity contribution is 0.0468. The fourth-order valence-electron chi connectivity index (χ4n) is 7.43. The number of benzene rings is 1. The molecule has 4 aromatic rings. The first-order valence-corrected chi connectivity index (χ1v) is 15.8. The largest absolute Gasteiger partial charge is 0.383 e. The summed E-state index contributed by atoms with van der Waals surface area (Å²) in [4.78, 5) is 20.1. The van der Waals surface area contributed by atoms with Crippen molar-refractivity contribution in [3.8, 4) is 0 Å². The fourth-order valence-corrected chi connectivity index (χ4v) is 7.43. The third-order valence-corrected chi connectivity index (χ3v) is 9.94. The highest BCUT2D eigenvalue weighted by molar-refractivity contribution is 5.86. The molecule has 2 fully saturated rings. The molecule has 7 nitrogen and oxygen atoms in total. The van der Waals surface area contributed by atoms with Gasteiger partial charge in [0.2, 0.25) is 0 Å². The van der Waals surface area contributed by atoms with Crippen LogP contribution in [0.15, 0.2) is 36.8 Å². The number of hydrogen-bond donors (Lipinski definition) is 2. The number of imidazole rings is 1. The first kappa shape index (κ1) is 28.2. The van der Waals surface area contributed by atoms with Gasteiger partial charge in [-0.15, -0.1) is 0 Å². The SMILES string of the molecule is CC(C)CN(C[C@H]1C[C@@H](n2ccc3c(N)ncnc32)C[C@@H]1C)C1CC(CCc2nc3ccc(C(C)(C)C)cc3[nH]2)C1. The number of aromatic nitrogens is 5. The van der Waals surface area contributed by atoms with Crippen LogP contribution >= 0.6 is 0 Å². The van der Waals surface area contributed by atoms with E-state index in [1.807, 2.05) is 0 Å². The van der Waals surface area contributed by atoms with E-state index in [2.05, 4.69) is 96.4 Å². The van der Waals surface area contributed by atoms with Crippen LogP contribution in [0, 0.1) is 23.7 Å². The molecule has 3 N–H and O–H groups in total. The van der Waals surface area contributed by atoms with Crippen LogP contribution in [0.4, 0.5) is 5.82 Å². The van der Waals surface area contributed by atoms with Crippen molar-refractivity contribution in [1.82, 2.24) is 29.4 Å². The number of nitrogens with zero attached hydrogens (tertiary/aromatic N) is 5. The normalized spacial score (nSPS) is 25.1. The van der Waals surface area contributed by atoms with Gasteiger partial charge >= 0.3 is 0 Å². The van der Waals surface area contributed by atoms with E-state index in [1.165, 1.54) is 56.3 Å². The van der Waals surface area contributed by atoms with Crippen LogP contribution < -0.4 is 5.73 Å². The first-order valence-electron chi connectivity index (χ1n) is 15.8. The molecule has 1 aromatic carbocycles. The summed E-state index contributed by atoms with van der Waals surface area (Å²) in [5.74, 6) is 4.62. The maximum atomic E-state index is 6.12. The smallest absolute Gasteiger partial charge is 0.145 e. The molecule has 0 unspecified atom stereocenters. The summed E-state index contributed by atoms with van der Waals surface area (Å²) in [6.07, 6.45) is 11.1. The van der Waals surface area contributed by atoms with Crippen LogP contribution in [-0.4, -0.2) is 48.5 Å². The Hall–Kier alpha value is -2.93. The zero-order chi connectivity index (χ0) is 28.9. The van der Waals surface area contributed by atoms with Crippen molar-refractivity contribution in [1.29, 1.82) is 0 Å². The van der Waals surface area contributed by atoms with Crippen LogP contribution in [0.2, 0.25) is 0 Å². The Morgan fingerprint density at radius 2 is 1.90 bits per heavy atom. The number of hydrogen-bond acceptors (Lipinski definition) is 5. The zero-order valence-electron chi connectivity index (χ0n) is 25.9. The summed E-state index contributed by atoms with van der Waals surface area (Å²) < 4.78 is 2.36. The van der Waals surface area contributed by atoms with Crippen LogP contribution in [0.3, 0.4) is 0 Å². The summed E-state index contributed by atoms with van der Waals surface area (Å²) in [7, 11) is 0. The number of H-pyrrole nitrogens is 1. The molecule has 0 aliphatic heterocycles. The summed E-state index contributed by atoms with van der Waals surface area (Å²) in [5, 5.41) is 0.975. The van der Waals surface area contributed by atoms with Gasteiger partial charge in [0, 0.05) is 37.8 Å². The number of rotatable bonds is 9. The zero-order valence-corrected chi connectivity index (χ0v) is 25.9. The minimum Gasteiger partial charge on any atom is -0.383 e. The van der Waals surface area contributed by atoms with E-state index in [1.54, 1.807) is 6.33 Å². The molecule has 0 amide bonds. The molecule has 220 valence electrons. The molecule has 7 heteroatoms. The van der Waals surface area contributed by atoms with Gasteiger partial charge in [0.05, 0.1) is 16.4 Å². The number of aromatic amines is 1.